The van der Waals surface area contributed by atoms with Crippen LogP contribution < -0.4 is 11.1 Å². The lowest BCUT2D eigenvalue weighted by molar-refractivity contribution is 0.317. The summed E-state index contributed by atoms with van der Waals surface area (Å²) in [6.45, 7) is 0.641. The van der Waals surface area contributed by atoms with Gasteiger partial charge in [0.15, 0.2) is 0 Å². The molecule has 20 heavy (non-hydrogen) atoms. The summed E-state index contributed by atoms with van der Waals surface area (Å²) in [4.78, 5) is 0. The van der Waals surface area contributed by atoms with Crippen LogP contribution >= 0.6 is 0 Å². The van der Waals surface area contributed by atoms with Crippen molar-refractivity contribution in [2.45, 2.75) is 12.8 Å². The van der Waals surface area contributed by atoms with Crippen LogP contribution in [0.2, 0.25) is 0 Å². The molecule has 0 unspecified atom stereocenters. The molecule has 2 aromatic carbocycles. The van der Waals surface area contributed by atoms with E-state index >= 15 is 0 Å². The predicted molar refractivity (Wildman–Crippen MR) is 82.2 cm³/mol. The second kappa shape index (κ2) is 7.19. The van der Waals surface area contributed by atoms with Gasteiger partial charge >= 0.3 is 0 Å². The molecule has 0 radical (unpaired) electrons. The van der Waals surface area contributed by atoms with Gasteiger partial charge in [0.2, 0.25) is 0 Å². The number of hydrogen-bond acceptors (Lipinski definition) is 3. The molecule has 4 N–H and O–H groups in total. The van der Waals surface area contributed by atoms with E-state index in [0.29, 0.717) is 13.0 Å². The van der Waals surface area contributed by atoms with Gasteiger partial charge < -0.3 is 16.3 Å². The summed E-state index contributed by atoms with van der Waals surface area (Å²) in [5.41, 5.74) is 9.05. The average Bonchev–Trinajstić information content (AvgIpc) is 2.50. The highest BCUT2D eigenvalue weighted by molar-refractivity contribution is 5.80. The largest absolute Gasteiger partial charge is 0.409 e. The number of nitrogens with zero attached hydrogens (tertiary/aromatic N) is 1. The van der Waals surface area contributed by atoms with Gasteiger partial charge in [-0.1, -0.05) is 53.7 Å². The van der Waals surface area contributed by atoms with Crippen LogP contribution in [0.1, 0.15) is 17.5 Å². The predicted octanol–water partition coefficient (Wildman–Crippen LogP) is 2.83. The molecule has 0 aliphatic heterocycles. The summed E-state index contributed by atoms with van der Waals surface area (Å²) in [5.74, 6) is 0.234. The van der Waals surface area contributed by atoms with Gasteiger partial charge in [-0.3, -0.25) is 0 Å². The van der Waals surface area contributed by atoms with Gasteiger partial charge in [-0.25, -0.2) is 0 Å². The molecule has 0 amide bonds. The molecule has 0 aliphatic rings. The molecule has 4 nitrogen and oxygen atoms in total. The maximum Gasteiger partial charge on any atom is 0.140 e. The van der Waals surface area contributed by atoms with Gasteiger partial charge in [0.1, 0.15) is 5.84 Å². The minimum Gasteiger partial charge on any atom is -0.409 e. The third-order valence-electron chi connectivity index (χ3n) is 3.08. The van der Waals surface area contributed by atoms with E-state index < -0.39 is 0 Å². The van der Waals surface area contributed by atoms with Gasteiger partial charge in [0.25, 0.3) is 0 Å². The molecule has 4 heteroatoms. The third-order valence-corrected chi connectivity index (χ3v) is 3.08. The van der Waals surface area contributed by atoms with Crippen molar-refractivity contribution in [3.63, 3.8) is 0 Å². The molecule has 0 heterocycles. The van der Waals surface area contributed by atoms with E-state index in [4.69, 9.17) is 10.9 Å². The topological polar surface area (TPSA) is 70.6 Å². The zero-order chi connectivity index (χ0) is 14.2. The van der Waals surface area contributed by atoms with Gasteiger partial charge in [-0.05, 0) is 23.6 Å². The minimum absolute atomic E-state index is 0.234. The van der Waals surface area contributed by atoms with E-state index in [1.807, 2.05) is 36.4 Å². The maximum absolute atomic E-state index is 8.52. The molecule has 0 saturated heterocycles. The highest BCUT2D eigenvalue weighted by atomic mass is 16.4. The third kappa shape index (κ3) is 4.02. The molecule has 0 saturated carbocycles. The van der Waals surface area contributed by atoms with Crippen LogP contribution in [0.3, 0.4) is 0 Å². The Morgan fingerprint density at radius 3 is 2.50 bits per heavy atom. The number of hydrogen-bond donors (Lipinski definition) is 3. The van der Waals surface area contributed by atoms with E-state index in [1.165, 1.54) is 11.1 Å². The number of benzene rings is 2. The van der Waals surface area contributed by atoms with E-state index in [0.717, 1.165) is 12.1 Å². The van der Waals surface area contributed by atoms with Crippen LogP contribution in [0.25, 0.3) is 0 Å². The van der Waals surface area contributed by atoms with Crippen LogP contribution in [-0.2, 0) is 6.42 Å². The average molecular weight is 269 g/mol. The van der Waals surface area contributed by atoms with Crippen molar-refractivity contribution >= 4 is 11.5 Å². The summed E-state index contributed by atoms with van der Waals surface area (Å²) in [5, 5.41) is 14.8. The molecular weight excluding hydrogens is 250 g/mol. The molecule has 0 aromatic heterocycles. The van der Waals surface area contributed by atoms with Crippen LogP contribution in [0.4, 0.5) is 5.69 Å². The first-order valence-corrected chi connectivity index (χ1v) is 6.61. The first-order valence-electron chi connectivity index (χ1n) is 6.61. The summed E-state index contributed by atoms with van der Waals surface area (Å²) in [7, 11) is 0. The monoisotopic (exact) mass is 269 g/mol. The number of para-hydroxylation sites is 1. The van der Waals surface area contributed by atoms with E-state index in [1.54, 1.807) is 0 Å². The SMILES string of the molecule is NC(CCNc1ccccc1Cc1ccccc1)=NO. The quantitative estimate of drug-likeness (QED) is 0.327. The van der Waals surface area contributed by atoms with Gasteiger partial charge in [-0.15, -0.1) is 0 Å². The second-order valence-corrected chi connectivity index (χ2v) is 4.59. The fourth-order valence-electron chi connectivity index (χ4n) is 2.04. The number of anilines is 1. The highest BCUT2D eigenvalue weighted by Crippen LogP contribution is 2.18. The summed E-state index contributed by atoms with van der Waals surface area (Å²) in [6.07, 6.45) is 1.39. The standard InChI is InChI=1S/C16H19N3O/c17-16(19-20)10-11-18-15-9-5-4-8-14(15)12-13-6-2-1-3-7-13/h1-9,18,20H,10-12H2,(H2,17,19). The minimum atomic E-state index is 0.234. The van der Waals surface area contributed by atoms with E-state index in [-0.39, 0.29) is 5.84 Å². The Hall–Kier alpha value is -2.49. The van der Waals surface area contributed by atoms with Crippen LogP contribution in [0.5, 0.6) is 0 Å². The lowest BCUT2D eigenvalue weighted by atomic mass is 10.0. The summed E-state index contributed by atoms with van der Waals surface area (Å²) >= 11 is 0. The van der Waals surface area contributed by atoms with Gasteiger partial charge in [-0.2, -0.15) is 0 Å². The first-order chi connectivity index (χ1) is 9.79. The molecule has 0 fully saturated rings. The van der Waals surface area contributed by atoms with E-state index in [2.05, 4.69) is 28.7 Å². The van der Waals surface area contributed by atoms with Crippen molar-refractivity contribution in [2.24, 2.45) is 10.9 Å². The van der Waals surface area contributed by atoms with Crippen molar-refractivity contribution in [3.05, 3.63) is 65.7 Å². The van der Waals surface area contributed by atoms with Crippen molar-refractivity contribution in [1.29, 1.82) is 0 Å². The maximum atomic E-state index is 8.52. The normalized spacial score (nSPS) is 11.3. The zero-order valence-electron chi connectivity index (χ0n) is 11.3. The highest BCUT2D eigenvalue weighted by Gasteiger charge is 2.03. The Bertz CT molecular complexity index is 567. The Balaban J connectivity index is 2.03. The molecule has 2 rings (SSSR count). The molecule has 104 valence electrons. The van der Waals surface area contributed by atoms with Gasteiger partial charge in [0, 0.05) is 18.7 Å². The van der Waals surface area contributed by atoms with Crippen LogP contribution in [-0.4, -0.2) is 17.6 Å². The van der Waals surface area contributed by atoms with Crippen molar-refractivity contribution in [3.8, 4) is 0 Å². The molecule has 0 spiro atoms. The van der Waals surface area contributed by atoms with Crippen molar-refractivity contribution in [1.82, 2.24) is 0 Å². The first kappa shape index (κ1) is 13.9. The van der Waals surface area contributed by atoms with Crippen LogP contribution in [0, 0.1) is 0 Å². The lowest BCUT2D eigenvalue weighted by Crippen LogP contribution is -2.17. The number of oxime groups is 1. The molecule has 2 aromatic rings. The zero-order valence-corrected chi connectivity index (χ0v) is 11.3. The fourth-order valence-corrected chi connectivity index (χ4v) is 2.04. The molecule has 0 aliphatic carbocycles. The summed E-state index contributed by atoms with van der Waals surface area (Å²) in [6, 6.07) is 18.5. The number of amidine groups is 1. The van der Waals surface area contributed by atoms with Crippen molar-refractivity contribution in [2.75, 3.05) is 11.9 Å². The van der Waals surface area contributed by atoms with E-state index in [9.17, 15) is 0 Å². The van der Waals surface area contributed by atoms with Crippen LogP contribution in [0.15, 0.2) is 59.8 Å². The Kier molecular flexibility index (Phi) is 5.00. The molecule has 0 atom stereocenters. The number of rotatable bonds is 6. The fraction of sp³-hybridized carbons (Fsp3) is 0.188. The molecule has 0 bridgehead atoms. The Labute approximate surface area is 118 Å². The molecular formula is C16H19N3O. The Morgan fingerprint density at radius 2 is 1.75 bits per heavy atom. The second-order valence-electron chi connectivity index (χ2n) is 4.59. The van der Waals surface area contributed by atoms with Gasteiger partial charge in [0.05, 0.1) is 0 Å². The smallest absolute Gasteiger partial charge is 0.140 e. The lowest BCUT2D eigenvalue weighted by Gasteiger charge is -2.12. The number of nitrogens with two attached hydrogens (primary N) is 1. The summed E-state index contributed by atoms with van der Waals surface area (Å²) < 4.78 is 0. The van der Waals surface area contributed by atoms with Crippen molar-refractivity contribution < 1.29 is 5.21 Å². The Morgan fingerprint density at radius 1 is 1.05 bits per heavy atom. The number of nitrogens with one attached hydrogen (secondary N) is 1.